The van der Waals surface area contributed by atoms with E-state index in [1.165, 1.54) is 0 Å². The first-order valence-electron chi connectivity index (χ1n) is 8.98. The van der Waals surface area contributed by atoms with Crippen molar-refractivity contribution in [2.24, 2.45) is 0 Å². The van der Waals surface area contributed by atoms with Crippen molar-refractivity contribution >= 4 is 33.8 Å². The molecule has 0 saturated heterocycles. The highest BCUT2D eigenvalue weighted by Gasteiger charge is 2.36. The van der Waals surface area contributed by atoms with Gasteiger partial charge in [-0.25, -0.2) is 4.98 Å². The zero-order chi connectivity index (χ0) is 20.9. The van der Waals surface area contributed by atoms with Crippen molar-refractivity contribution in [3.8, 4) is 27.4 Å². The quantitative estimate of drug-likeness (QED) is 0.309. The molecule has 0 aliphatic heterocycles. The summed E-state index contributed by atoms with van der Waals surface area (Å²) in [4.78, 5) is 7.26. The van der Waals surface area contributed by atoms with E-state index < -0.39 is 11.1 Å². The minimum absolute atomic E-state index is 0.165. The van der Waals surface area contributed by atoms with Crippen LogP contribution < -0.4 is 0 Å². The lowest BCUT2D eigenvalue weighted by molar-refractivity contribution is -0.133. The number of hydrogen-bond donors (Lipinski definition) is 1. The van der Waals surface area contributed by atoms with Crippen molar-refractivity contribution in [2.75, 3.05) is 0 Å². The number of thiophene rings is 1. The Kier molecular flexibility index (Phi) is 4.45. The molecular weight excluding hydrogens is 431 g/mol. The number of H-pyrrole nitrogens is 1. The molecule has 3 heterocycles. The monoisotopic (exact) mass is 443 g/mol. The fraction of sp³-hybridized carbons (Fsp3) is 0.0455. The van der Waals surface area contributed by atoms with E-state index in [-0.39, 0.29) is 5.56 Å². The maximum Gasteiger partial charge on any atom is 0.426 e. The van der Waals surface area contributed by atoms with Crippen LogP contribution in [0.3, 0.4) is 0 Å². The minimum Gasteiger partial charge on any atom is -0.360 e. The third kappa shape index (κ3) is 3.30. The minimum atomic E-state index is -4.44. The lowest BCUT2D eigenvalue weighted by Crippen LogP contribution is -2.03. The molecule has 0 spiro atoms. The van der Waals surface area contributed by atoms with Crippen molar-refractivity contribution in [3.05, 3.63) is 83.2 Å². The van der Waals surface area contributed by atoms with E-state index in [1.54, 1.807) is 59.7 Å². The highest BCUT2D eigenvalue weighted by atomic mass is 35.5. The number of nitrogens with zero attached hydrogens (tertiary/aromatic N) is 2. The molecule has 0 aliphatic rings. The van der Waals surface area contributed by atoms with E-state index in [0.717, 1.165) is 16.6 Å². The average Bonchev–Trinajstić information content (AvgIpc) is 3.46. The highest BCUT2D eigenvalue weighted by molar-refractivity contribution is 7.16. The van der Waals surface area contributed by atoms with E-state index in [1.807, 2.05) is 18.2 Å². The third-order valence-electron chi connectivity index (χ3n) is 4.82. The molecule has 2 aromatic carbocycles. The maximum absolute atomic E-state index is 13.7. The summed E-state index contributed by atoms with van der Waals surface area (Å²) >= 11 is 6.90. The molecule has 8 heteroatoms. The Morgan fingerprint density at radius 3 is 2.60 bits per heavy atom. The van der Waals surface area contributed by atoms with Crippen LogP contribution in [0.4, 0.5) is 13.2 Å². The number of benzene rings is 2. The molecule has 0 radical (unpaired) electrons. The number of halogens is 4. The van der Waals surface area contributed by atoms with E-state index in [2.05, 4.69) is 9.97 Å². The molecule has 3 nitrogen and oxygen atoms in total. The average molecular weight is 444 g/mol. The summed E-state index contributed by atoms with van der Waals surface area (Å²) < 4.78 is 42.7. The SMILES string of the molecule is FC(F)(F)c1sc(-c2cn(-c3ccc4[nH]cc(Cl)c4c3)cn2)cc1-c1ccccc1. The molecule has 5 rings (SSSR count). The van der Waals surface area contributed by atoms with Crippen LogP contribution in [0.15, 0.2) is 73.3 Å². The lowest BCUT2D eigenvalue weighted by Gasteiger charge is -2.07. The summed E-state index contributed by atoms with van der Waals surface area (Å²) in [5, 5.41) is 1.47. The van der Waals surface area contributed by atoms with Gasteiger partial charge in [0.2, 0.25) is 0 Å². The Labute approximate surface area is 178 Å². The zero-order valence-corrected chi connectivity index (χ0v) is 16.8. The first kappa shape index (κ1) is 19.0. The fourth-order valence-electron chi connectivity index (χ4n) is 3.39. The van der Waals surface area contributed by atoms with Gasteiger partial charge in [0, 0.05) is 34.5 Å². The Morgan fingerprint density at radius 2 is 1.83 bits per heavy atom. The number of aromatic amines is 1. The molecule has 30 heavy (non-hydrogen) atoms. The second-order valence-corrected chi connectivity index (χ2v) is 8.21. The van der Waals surface area contributed by atoms with Gasteiger partial charge in [-0.15, -0.1) is 11.3 Å². The molecule has 0 bridgehead atoms. The van der Waals surface area contributed by atoms with Crippen molar-refractivity contribution in [1.82, 2.24) is 14.5 Å². The van der Waals surface area contributed by atoms with Gasteiger partial charge in [0.05, 0.1) is 21.9 Å². The first-order valence-corrected chi connectivity index (χ1v) is 10.2. The standard InChI is InChI=1S/C22H13ClF3N3S/c23-17-10-27-18-7-6-14(8-16(17)18)29-11-19(28-12-29)20-9-15(13-4-2-1-3-5-13)21(30-20)22(24,25)26/h1-12,27H. The number of rotatable bonds is 3. The summed E-state index contributed by atoms with van der Waals surface area (Å²) in [7, 11) is 0. The maximum atomic E-state index is 13.7. The van der Waals surface area contributed by atoms with E-state index in [4.69, 9.17) is 11.6 Å². The molecule has 0 fully saturated rings. The van der Waals surface area contributed by atoms with Crippen LogP contribution in [-0.2, 0) is 6.18 Å². The van der Waals surface area contributed by atoms with Crippen LogP contribution in [0, 0.1) is 0 Å². The molecule has 5 aromatic rings. The molecule has 0 saturated carbocycles. The summed E-state index contributed by atoms with van der Waals surface area (Å²) in [6.07, 6.45) is 0.589. The van der Waals surface area contributed by atoms with Crippen LogP contribution in [0.1, 0.15) is 4.88 Å². The van der Waals surface area contributed by atoms with E-state index >= 15 is 0 Å². The highest BCUT2D eigenvalue weighted by Crippen LogP contribution is 2.45. The lowest BCUT2D eigenvalue weighted by atomic mass is 10.1. The van der Waals surface area contributed by atoms with Crippen LogP contribution >= 0.6 is 22.9 Å². The van der Waals surface area contributed by atoms with Crippen LogP contribution in [0.2, 0.25) is 5.02 Å². The Morgan fingerprint density at radius 1 is 1.03 bits per heavy atom. The van der Waals surface area contributed by atoms with E-state index in [0.29, 0.717) is 32.5 Å². The first-order chi connectivity index (χ1) is 14.4. The Balaban J connectivity index is 1.57. The third-order valence-corrected chi connectivity index (χ3v) is 6.34. The number of imidazole rings is 1. The number of hydrogen-bond acceptors (Lipinski definition) is 2. The van der Waals surface area contributed by atoms with Gasteiger partial charge in [0.15, 0.2) is 0 Å². The van der Waals surface area contributed by atoms with Crippen molar-refractivity contribution in [3.63, 3.8) is 0 Å². The van der Waals surface area contributed by atoms with Gasteiger partial charge in [-0.05, 0) is 29.8 Å². The molecule has 0 amide bonds. The number of aromatic nitrogens is 3. The van der Waals surface area contributed by atoms with Crippen molar-refractivity contribution < 1.29 is 13.2 Å². The molecule has 150 valence electrons. The predicted molar refractivity (Wildman–Crippen MR) is 114 cm³/mol. The summed E-state index contributed by atoms with van der Waals surface area (Å²) in [6, 6.07) is 15.8. The van der Waals surface area contributed by atoms with Gasteiger partial charge in [0.1, 0.15) is 4.88 Å². The normalized spacial score (nSPS) is 12.0. The molecule has 3 aromatic heterocycles. The number of fused-ring (bicyclic) bond motifs is 1. The van der Waals surface area contributed by atoms with Gasteiger partial charge in [-0.1, -0.05) is 41.9 Å². The summed E-state index contributed by atoms with van der Waals surface area (Å²) in [5.74, 6) is 0. The topological polar surface area (TPSA) is 33.6 Å². The predicted octanol–water partition coefficient (Wildman–Crippen LogP) is 7.42. The number of nitrogens with one attached hydrogen (secondary N) is 1. The van der Waals surface area contributed by atoms with Gasteiger partial charge in [-0.3, -0.25) is 0 Å². The van der Waals surface area contributed by atoms with E-state index in [9.17, 15) is 13.2 Å². The molecule has 0 atom stereocenters. The summed E-state index contributed by atoms with van der Waals surface area (Å²) in [5.41, 5.74) is 2.90. The Bertz CT molecular complexity index is 1350. The van der Waals surface area contributed by atoms with Gasteiger partial charge < -0.3 is 9.55 Å². The second kappa shape index (κ2) is 7.04. The molecule has 1 N–H and O–H groups in total. The fourth-order valence-corrected chi connectivity index (χ4v) is 4.61. The van der Waals surface area contributed by atoms with Gasteiger partial charge >= 0.3 is 6.18 Å². The zero-order valence-electron chi connectivity index (χ0n) is 15.2. The van der Waals surface area contributed by atoms with Gasteiger partial charge in [0.25, 0.3) is 0 Å². The second-order valence-electron chi connectivity index (χ2n) is 6.75. The van der Waals surface area contributed by atoms with Crippen molar-refractivity contribution in [1.29, 1.82) is 0 Å². The van der Waals surface area contributed by atoms with Crippen LogP contribution in [0.5, 0.6) is 0 Å². The van der Waals surface area contributed by atoms with Crippen LogP contribution in [0.25, 0.3) is 38.3 Å². The van der Waals surface area contributed by atoms with Crippen LogP contribution in [-0.4, -0.2) is 14.5 Å². The molecule has 0 aliphatic carbocycles. The smallest absolute Gasteiger partial charge is 0.360 e. The Hall–Kier alpha value is -3.03. The van der Waals surface area contributed by atoms with Gasteiger partial charge in [-0.2, -0.15) is 13.2 Å². The molecular formula is C22H13ClF3N3S. The largest absolute Gasteiger partial charge is 0.426 e. The van der Waals surface area contributed by atoms with Crippen molar-refractivity contribution in [2.45, 2.75) is 6.18 Å². The number of alkyl halides is 3. The molecule has 0 unspecified atom stereocenters. The summed E-state index contributed by atoms with van der Waals surface area (Å²) in [6.45, 7) is 0.